The van der Waals surface area contributed by atoms with Gasteiger partial charge in [-0.05, 0) is 70.6 Å². The van der Waals surface area contributed by atoms with Crippen molar-refractivity contribution in [2.75, 3.05) is 39.6 Å². The van der Waals surface area contributed by atoms with Gasteiger partial charge in [0.2, 0.25) is 0 Å². The second-order valence-electron chi connectivity index (χ2n) is 15.2. The predicted molar refractivity (Wildman–Crippen MR) is 269 cm³/mol. The highest BCUT2D eigenvalue weighted by atomic mass is 31.2. The highest BCUT2D eigenvalue weighted by Crippen LogP contribution is 2.45. The van der Waals surface area contributed by atoms with Crippen molar-refractivity contribution in [3.8, 4) is 0 Å². The molecule has 68 heavy (non-hydrogen) atoms. The molecule has 0 aromatic heterocycles. The minimum atomic E-state index is -4.81. The number of aliphatic hydroxyl groups excluding tert-OH is 3. The van der Waals surface area contributed by atoms with Gasteiger partial charge in [-0.15, -0.1) is 0 Å². The molecule has 15 nitrogen and oxygen atoms in total. The maximum absolute atomic E-state index is 12.2. The van der Waals surface area contributed by atoms with Crippen LogP contribution in [0.4, 0.5) is 0 Å². The zero-order valence-electron chi connectivity index (χ0n) is 40.2. The Kier molecular flexibility index (Phi) is 43.1. The molecule has 0 aromatic rings. The van der Waals surface area contributed by atoms with E-state index >= 15 is 0 Å². The van der Waals surface area contributed by atoms with Crippen molar-refractivity contribution in [1.29, 1.82) is 0 Å². The van der Waals surface area contributed by atoms with Crippen molar-refractivity contribution in [2.45, 2.75) is 135 Å². The number of ether oxygens (including phenoxy) is 2. The van der Waals surface area contributed by atoms with E-state index in [4.69, 9.17) is 9.47 Å². The van der Waals surface area contributed by atoms with Gasteiger partial charge in [0.1, 0.15) is 31.5 Å². The Morgan fingerprint density at radius 3 is 1.18 bits per heavy atom. The molecule has 0 bridgehead atoms. The van der Waals surface area contributed by atoms with Gasteiger partial charge in [-0.1, -0.05) is 167 Å². The zero-order chi connectivity index (χ0) is 50.2. The first-order chi connectivity index (χ1) is 32.8. The summed E-state index contributed by atoms with van der Waals surface area (Å²) in [6.07, 6.45) is 53.0. The van der Waals surface area contributed by atoms with Gasteiger partial charge in [0, 0.05) is 12.8 Å². The summed E-state index contributed by atoms with van der Waals surface area (Å²) in [5, 5.41) is 30.0. The molecule has 0 rings (SSSR count). The van der Waals surface area contributed by atoms with E-state index in [-0.39, 0.29) is 12.8 Å². The molecule has 0 aliphatic rings. The van der Waals surface area contributed by atoms with Crippen molar-refractivity contribution >= 4 is 27.6 Å². The first-order valence-electron chi connectivity index (χ1n) is 23.6. The number of allylic oxidation sites excluding steroid dienone is 22. The molecule has 384 valence electrons. The maximum atomic E-state index is 12.2. The number of phosphoric ester groups is 2. The van der Waals surface area contributed by atoms with Crippen molar-refractivity contribution in [2.24, 2.45) is 0 Å². The Hall–Kier alpha value is -3.82. The molecule has 0 aliphatic heterocycles. The van der Waals surface area contributed by atoms with Crippen LogP contribution in [0.3, 0.4) is 0 Å². The Balaban J connectivity index is 4.04. The lowest BCUT2D eigenvalue weighted by Gasteiger charge is -2.19. The maximum Gasteiger partial charge on any atom is 0.472 e. The van der Waals surface area contributed by atoms with Crippen LogP contribution in [0.25, 0.3) is 0 Å². The van der Waals surface area contributed by atoms with E-state index < -0.39 is 85.5 Å². The van der Waals surface area contributed by atoms with Gasteiger partial charge in [-0.2, -0.15) is 0 Å². The molecule has 0 spiro atoms. The van der Waals surface area contributed by atoms with E-state index in [1.807, 2.05) is 91.1 Å². The molecule has 5 atom stereocenters. The van der Waals surface area contributed by atoms with Crippen LogP contribution in [-0.2, 0) is 46.3 Å². The van der Waals surface area contributed by atoms with E-state index in [0.29, 0.717) is 19.3 Å². The van der Waals surface area contributed by atoms with Crippen LogP contribution in [0.15, 0.2) is 134 Å². The molecule has 0 radical (unpaired) electrons. The molecule has 17 heteroatoms. The summed E-state index contributed by atoms with van der Waals surface area (Å²) in [5.41, 5.74) is 0. The molecule has 0 fully saturated rings. The van der Waals surface area contributed by atoms with Crippen molar-refractivity contribution in [1.82, 2.24) is 0 Å². The fourth-order valence-corrected chi connectivity index (χ4v) is 6.72. The number of carbonyl (C=O) groups is 2. The van der Waals surface area contributed by atoms with Gasteiger partial charge in [0.05, 0.1) is 26.4 Å². The summed E-state index contributed by atoms with van der Waals surface area (Å²) in [5.74, 6) is -1.10. The smallest absolute Gasteiger partial charge is 0.463 e. The first-order valence-corrected chi connectivity index (χ1v) is 26.6. The molecule has 0 saturated heterocycles. The van der Waals surface area contributed by atoms with Gasteiger partial charge in [-0.3, -0.25) is 27.7 Å². The van der Waals surface area contributed by atoms with Crippen LogP contribution < -0.4 is 0 Å². The highest BCUT2D eigenvalue weighted by molar-refractivity contribution is 7.47. The van der Waals surface area contributed by atoms with Crippen molar-refractivity contribution in [3.63, 3.8) is 0 Å². The average molecular weight is 995 g/mol. The van der Waals surface area contributed by atoms with Gasteiger partial charge in [0.15, 0.2) is 0 Å². The van der Waals surface area contributed by atoms with Gasteiger partial charge >= 0.3 is 27.6 Å². The fraction of sp³-hybridized carbons (Fsp3) is 0.529. The molecule has 0 heterocycles. The Bertz CT molecular complexity index is 1720. The summed E-state index contributed by atoms with van der Waals surface area (Å²) in [6.45, 7) is 0.0730. The van der Waals surface area contributed by atoms with Crippen LogP contribution in [0, 0.1) is 0 Å². The minimum Gasteiger partial charge on any atom is -0.463 e. The van der Waals surface area contributed by atoms with Gasteiger partial charge < -0.3 is 34.6 Å². The highest BCUT2D eigenvalue weighted by Gasteiger charge is 2.28. The quantitative estimate of drug-likeness (QED) is 0.0126. The van der Waals surface area contributed by atoms with E-state index in [2.05, 4.69) is 74.5 Å². The number of carbonyl (C=O) groups excluding carboxylic acids is 2. The van der Waals surface area contributed by atoms with Crippen molar-refractivity contribution < 1.29 is 71.4 Å². The SMILES string of the molecule is CC/C=C/C=C/C=C\C=C\C=C\C=C\C=C\CCCCCC(=O)OCC(O)COP(=O)(O)OCC(O)COP(=O)(O)OCC(O)COC(=O)CCC/C=C\C/C=C\C/C=C\C/C=C\CCCCC. The fourth-order valence-electron chi connectivity index (χ4n) is 5.13. The van der Waals surface area contributed by atoms with E-state index in [0.717, 1.165) is 51.4 Å². The Labute approximate surface area is 405 Å². The van der Waals surface area contributed by atoms with E-state index in [9.17, 15) is 43.8 Å². The first kappa shape index (κ1) is 64.2. The second kappa shape index (κ2) is 45.6. The summed E-state index contributed by atoms with van der Waals surface area (Å²) in [7, 11) is -9.62. The lowest BCUT2D eigenvalue weighted by Crippen LogP contribution is -2.25. The molecule has 0 aromatic carbocycles. The Morgan fingerprint density at radius 1 is 0.412 bits per heavy atom. The largest absolute Gasteiger partial charge is 0.472 e. The van der Waals surface area contributed by atoms with Crippen LogP contribution >= 0.6 is 15.6 Å². The molecule has 0 aliphatic carbocycles. The molecule has 0 saturated carbocycles. The van der Waals surface area contributed by atoms with Crippen LogP contribution in [0.5, 0.6) is 0 Å². The summed E-state index contributed by atoms with van der Waals surface area (Å²) < 4.78 is 52.9. The molecule has 5 unspecified atom stereocenters. The number of aliphatic hydroxyl groups is 3. The standard InChI is InChI=1S/C51H80O15P2/c1-3-5-7-9-11-13-15-17-19-21-22-24-26-28-30-32-34-36-38-40-51(56)62-42-48(53)44-64-68(59,60)66-46-49(54)45-65-67(57,58)63-43-47(52)41-61-50(55)39-37-35-33-31-29-27-25-23-20-18-16-14-12-10-8-6-4-2/h5,7,9,11-15,17-22,24-28,30-31,33,47-49,52-54H,3-4,6,8,10,16,23,29,32,34-46H2,1-2H3,(H,57,58)(H,59,60)/b7-5+,11-9+,14-12-,15-13-,19-17+,20-18-,22-21+,26-24+,27-25-,30-28+,33-31-. The Morgan fingerprint density at radius 2 is 0.750 bits per heavy atom. The lowest BCUT2D eigenvalue weighted by molar-refractivity contribution is -0.148. The number of hydrogen-bond acceptors (Lipinski definition) is 13. The van der Waals surface area contributed by atoms with E-state index in [1.54, 1.807) is 0 Å². The van der Waals surface area contributed by atoms with E-state index in [1.165, 1.54) is 19.3 Å². The normalized spacial score (nSPS) is 16.2. The summed E-state index contributed by atoms with van der Waals surface area (Å²) in [4.78, 5) is 43.7. The number of phosphoric acid groups is 2. The van der Waals surface area contributed by atoms with Crippen molar-refractivity contribution in [3.05, 3.63) is 134 Å². The summed E-state index contributed by atoms with van der Waals surface area (Å²) in [6, 6.07) is 0. The third-order valence-corrected chi connectivity index (χ3v) is 10.7. The average Bonchev–Trinajstić information content (AvgIpc) is 3.31. The van der Waals surface area contributed by atoms with Crippen LogP contribution in [0.1, 0.15) is 117 Å². The third kappa shape index (κ3) is 47.3. The zero-order valence-corrected chi connectivity index (χ0v) is 42.0. The molecule has 5 N–H and O–H groups in total. The number of hydrogen-bond donors (Lipinski definition) is 5. The minimum absolute atomic E-state index is 0.113. The van der Waals surface area contributed by atoms with Crippen LogP contribution in [-0.4, -0.2) is 95.0 Å². The summed E-state index contributed by atoms with van der Waals surface area (Å²) >= 11 is 0. The molecular weight excluding hydrogens is 914 g/mol. The van der Waals surface area contributed by atoms with Gasteiger partial charge in [-0.25, -0.2) is 9.13 Å². The topological polar surface area (TPSA) is 225 Å². The number of rotatable bonds is 43. The lowest BCUT2D eigenvalue weighted by atomic mass is 10.1. The van der Waals surface area contributed by atoms with Crippen LogP contribution in [0.2, 0.25) is 0 Å². The molecule has 0 amide bonds. The number of esters is 2. The number of unbranched alkanes of at least 4 members (excludes halogenated alkanes) is 7. The second-order valence-corrected chi connectivity index (χ2v) is 18.1. The monoisotopic (exact) mass is 994 g/mol. The molecular formula is C51H80O15P2. The van der Waals surface area contributed by atoms with Gasteiger partial charge in [0.25, 0.3) is 0 Å². The predicted octanol–water partition coefficient (Wildman–Crippen LogP) is 10.8. The third-order valence-electron chi connectivity index (χ3n) is 8.78.